The maximum atomic E-state index is 9.91. The molecule has 3 aromatic rings. The molecular formula is C26H33Cl4N8OS3+. The van der Waals surface area contributed by atoms with Gasteiger partial charge in [-0.3, -0.25) is 0 Å². The largest absolute Gasteiger partial charge is 0.364 e. The van der Waals surface area contributed by atoms with Crippen LogP contribution in [0.4, 0.5) is 11.6 Å². The average Bonchev–Trinajstić information content (AvgIpc) is 3.58. The van der Waals surface area contributed by atoms with Crippen LogP contribution in [-0.4, -0.2) is 62.8 Å². The van der Waals surface area contributed by atoms with Crippen molar-refractivity contribution < 1.29 is 4.55 Å². The van der Waals surface area contributed by atoms with Gasteiger partial charge in [0.1, 0.15) is 16.7 Å². The zero-order valence-corrected chi connectivity index (χ0v) is 29.6. The van der Waals surface area contributed by atoms with Gasteiger partial charge in [0.25, 0.3) is 4.90 Å². The van der Waals surface area contributed by atoms with Crippen LogP contribution < -0.4 is 10.6 Å². The van der Waals surface area contributed by atoms with Crippen molar-refractivity contribution in [1.82, 2.24) is 29.9 Å². The molecule has 3 N–H and O–H groups in total. The van der Waals surface area contributed by atoms with E-state index in [1.54, 1.807) is 23.5 Å². The van der Waals surface area contributed by atoms with Crippen molar-refractivity contribution in [2.24, 2.45) is 0 Å². The van der Waals surface area contributed by atoms with Gasteiger partial charge in [0.2, 0.25) is 15.9 Å². The lowest BCUT2D eigenvalue weighted by atomic mass is 10.1. The Hall–Kier alpha value is -0.990. The number of halogens is 4. The molecule has 3 aliphatic heterocycles. The van der Waals surface area contributed by atoms with Crippen molar-refractivity contribution in [3.63, 3.8) is 0 Å². The molecule has 16 heteroatoms. The lowest BCUT2D eigenvalue weighted by Crippen LogP contribution is -2.28. The summed E-state index contributed by atoms with van der Waals surface area (Å²) < 4.78 is 9.91. The first-order valence-electron chi connectivity index (χ1n) is 13.2. The Bertz CT molecular complexity index is 1450. The van der Waals surface area contributed by atoms with E-state index >= 15 is 0 Å². The van der Waals surface area contributed by atoms with Crippen LogP contribution >= 0.6 is 69.9 Å². The number of hydrogen-bond donors (Lipinski definition) is 3. The predicted octanol–water partition coefficient (Wildman–Crippen LogP) is 7.77. The molecule has 6 rings (SSSR count). The Morgan fingerprint density at radius 1 is 0.643 bits per heavy atom. The molecule has 0 aromatic carbocycles. The predicted molar refractivity (Wildman–Crippen MR) is 179 cm³/mol. The molecule has 0 fully saturated rings. The molecule has 0 radical (unpaired) electrons. The van der Waals surface area contributed by atoms with E-state index < -0.39 is 11.2 Å². The van der Waals surface area contributed by atoms with Crippen LogP contribution in [0.25, 0.3) is 0 Å². The third-order valence-electron chi connectivity index (χ3n) is 5.61. The summed E-state index contributed by atoms with van der Waals surface area (Å²) >= 11 is 25.9. The van der Waals surface area contributed by atoms with E-state index in [1.165, 1.54) is 0 Å². The minimum Gasteiger partial charge on any atom is -0.364 e. The summed E-state index contributed by atoms with van der Waals surface area (Å²) in [6, 6.07) is 0. The van der Waals surface area contributed by atoms with Gasteiger partial charge in [-0.05, 0) is 76.3 Å². The summed E-state index contributed by atoms with van der Waals surface area (Å²) in [5, 5.41) is 7.94. The maximum absolute atomic E-state index is 9.91. The number of aryl methyl sites for hydroxylation is 3. The van der Waals surface area contributed by atoms with E-state index in [9.17, 15) is 4.55 Å². The molecule has 0 saturated heterocycles. The maximum Gasteiger partial charge on any atom is 0.253 e. The van der Waals surface area contributed by atoms with E-state index in [4.69, 9.17) is 46.4 Å². The van der Waals surface area contributed by atoms with Crippen LogP contribution in [0.5, 0.6) is 0 Å². The van der Waals surface area contributed by atoms with Crippen molar-refractivity contribution in [1.29, 1.82) is 0 Å². The SMILES string of the molecule is CC(C)(C)Nc1nc(Cl)nc2c1SCC2.CC(C)(C)Nc1nc(Cl)nc2c1[S+](O)CC2.Clc1nc(Cl)c2c(n1)CCS2. The van der Waals surface area contributed by atoms with Crippen LogP contribution in [0, 0.1) is 0 Å². The second-order valence-corrected chi connectivity index (χ2v) is 16.7. The first kappa shape index (κ1) is 33.9. The van der Waals surface area contributed by atoms with Gasteiger partial charge < -0.3 is 10.6 Å². The monoisotopic (exact) mass is 709 g/mol. The smallest absolute Gasteiger partial charge is 0.253 e. The summed E-state index contributed by atoms with van der Waals surface area (Å²) in [4.78, 5) is 27.7. The molecular weight excluding hydrogens is 678 g/mol. The first-order chi connectivity index (χ1) is 19.6. The molecule has 1 atom stereocenters. The topological polar surface area (TPSA) is 122 Å². The van der Waals surface area contributed by atoms with Gasteiger partial charge in [0.15, 0.2) is 22.7 Å². The number of nitrogens with one attached hydrogen (secondary N) is 2. The fourth-order valence-electron chi connectivity index (χ4n) is 4.10. The van der Waals surface area contributed by atoms with Crippen LogP contribution in [0.2, 0.25) is 21.0 Å². The standard InChI is InChI=1S/C10H15ClN3OS.C10H14ClN3S.C6H4Cl2N2S/c1-10(2,3)14-8-7-6(4-5-16(7)15)12-9(11)13-8;1-10(2,3)14-8-7-6(4-5-15-7)12-9(11)13-8;7-5-4-3(1-2-11-4)9-6(8)10-5/h15H,4-5H2,1-3H3,(H,12,13,14);4-5H2,1-3H3,(H,12,13,14);1-2H2/q+1;;. The summed E-state index contributed by atoms with van der Waals surface area (Å²) in [5.41, 5.74) is 2.82. The number of nitrogens with zero attached hydrogens (tertiary/aromatic N) is 6. The van der Waals surface area contributed by atoms with Gasteiger partial charge in [-0.1, -0.05) is 11.6 Å². The van der Waals surface area contributed by atoms with E-state index in [2.05, 4.69) is 61.3 Å². The third kappa shape index (κ3) is 9.26. The fraction of sp³-hybridized carbons (Fsp3) is 0.538. The first-order valence-corrected chi connectivity index (χ1v) is 18.0. The van der Waals surface area contributed by atoms with Crippen molar-refractivity contribution in [2.75, 3.05) is 27.9 Å². The highest BCUT2D eigenvalue weighted by Gasteiger charge is 2.38. The highest BCUT2D eigenvalue weighted by molar-refractivity contribution is 8.00. The molecule has 1 unspecified atom stereocenters. The fourth-order valence-corrected chi connectivity index (χ4v) is 8.41. The molecule has 0 bridgehead atoms. The molecule has 0 amide bonds. The molecule has 6 heterocycles. The van der Waals surface area contributed by atoms with Gasteiger partial charge in [-0.2, -0.15) is 14.5 Å². The Morgan fingerprint density at radius 2 is 1.12 bits per heavy atom. The molecule has 42 heavy (non-hydrogen) atoms. The Balaban J connectivity index is 0.000000147. The van der Waals surface area contributed by atoms with Crippen LogP contribution in [0.3, 0.4) is 0 Å². The van der Waals surface area contributed by atoms with Crippen molar-refractivity contribution >= 4 is 92.7 Å². The van der Waals surface area contributed by atoms with Gasteiger partial charge in [-0.15, -0.1) is 23.5 Å². The number of fused-ring (bicyclic) bond motifs is 3. The molecule has 0 saturated carbocycles. The van der Waals surface area contributed by atoms with Crippen molar-refractivity contribution in [2.45, 2.75) is 86.6 Å². The molecule has 0 aliphatic carbocycles. The number of hydrogen-bond acceptors (Lipinski definition) is 11. The second-order valence-electron chi connectivity index (χ2n) is 11.6. The van der Waals surface area contributed by atoms with Gasteiger partial charge >= 0.3 is 0 Å². The lowest BCUT2D eigenvalue weighted by Gasteiger charge is -2.22. The number of rotatable bonds is 2. The average molecular weight is 712 g/mol. The van der Waals surface area contributed by atoms with E-state index in [0.717, 1.165) is 74.1 Å². The molecule has 3 aromatic heterocycles. The van der Waals surface area contributed by atoms with Gasteiger partial charge in [-0.25, -0.2) is 19.9 Å². The molecule has 3 aliphatic rings. The Kier molecular flexibility index (Phi) is 11.3. The van der Waals surface area contributed by atoms with Gasteiger partial charge in [0.05, 0.1) is 21.2 Å². The zero-order valence-electron chi connectivity index (χ0n) is 24.1. The third-order valence-corrected chi connectivity index (χ3v) is 10.2. The molecule has 9 nitrogen and oxygen atoms in total. The summed E-state index contributed by atoms with van der Waals surface area (Å²) in [6.45, 7) is 12.4. The summed E-state index contributed by atoms with van der Waals surface area (Å²) in [5.74, 6) is 4.38. The Labute approximate surface area is 278 Å². The summed E-state index contributed by atoms with van der Waals surface area (Å²) in [7, 11) is 0. The van der Waals surface area contributed by atoms with Crippen molar-refractivity contribution in [3.05, 3.63) is 38.1 Å². The quantitative estimate of drug-likeness (QED) is 0.137. The second kappa shape index (κ2) is 14.0. The minimum absolute atomic E-state index is 0.00535. The molecule has 0 spiro atoms. The van der Waals surface area contributed by atoms with E-state index in [0.29, 0.717) is 16.3 Å². The number of anilines is 2. The highest BCUT2D eigenvalue weighted by Crippen LogP contribution is 2.37. The van der Waals surface area contributed by atoms with Crippen LogP contribution in [0.15, 0.2) is 14.7 Å². The normalized spacial score (nSPS) is 16.9. The lowest BCUT2D eigenvalue weighted by molar-refractivity contribution is 0.622. The number of aromatic nitrogens is 6. The van der Waals surface area contributed by atoms with Gasteiger partial charge in [0, 0.05) is 41.8 Å². The van der Waals surface area contributed by atoms with Crippen LogP contribution in [-0.2, 0) is 30.4 Å². The van der Waals surface area contributed by atoms with E-state index in [1.807, 2.05) is 20.8 Å². The highest BCUT2D eigenvalue weighted by atomic mass is 35.5. The van der Waals surface area contributed by atoms with Crippen LogP contribution in [0.1, 0.15) is 58.6 Å². The Morgan fingerprint density at radius 3 is 1.71 bits per heavy atom. The summed E-state index contributed by atoms with van der Waals surface area (Å²) in [6.07, 6.45) is 2.71. The zero-order chi connectivity index (χ0) is 30.8. The van der Waals surface area contributed by atoms with Crippen molar-refractivity contribution in [3.8, 4) is 0 Å². The van der Waals surface area contributed by atoms with E-state index in [-0.39, 0.29) is 21.6 Å². The minimum atomic E-state index is -0.748. The number of thioether (sulfide) groups is 2. The molecule has 228 valence electrons.